The maximum absolute atomic E-state index is 12.0. The lowest BCUT2D eigenvalue weighted by molar-refractivity contribution is -0.141. The summed E-state index contributed by atoms with van der Waals surface area (Å²) in [7, 11) is 1.80. The number of hydrogen-bond donors (Lipinski definition) is 0. The van der Waals surface area contributed by atoms with Crippen LogP contribution in [0, 0.1) is 17.8 Å². The van der Waals surface area contributed by atoms with E-state index >= 15 is 0 Å². The van der Waals surface area contributed by atoms with E-state index in [0.717, 1.165) is 31.4 Å². The van der Waals surface area contributed by atoms with Crippen molar-refractivity contribution in [1.82, 2.24) is 0 Å². The van der Waals surface area contributed by atoms with Crippen molar-refractivity contribution in [3.05, 3.63) is 28.8 Å². The van der Waals surface area contributed by atoms with Gasteiger partial charge >= 0.3 is 5.97 Å². The van der Waals surface area contributed by atoms with Crippen LogP contribution in [-0.4, -0.2) is 19.7 Å². The van der Waals surface area contributed by atoms with Crippen LogP contribution in [0.5, 0.6) is 5.75 Å². The molecule has 0 aromatic heterocycles. The van der Waals surface area contributed by atoms with Crippen molar-refractivity contribution < 1.29 is 14.3 Å². The maximum atomic E-state index is 12.0. The molecule has 1 aromatic rings. The van der Waals surface area contributed by atoms with Gasteiger partial charge in [0.2, 0.25) is 0 Å². The van der Waals surface area contributed by atoms with Gasteiger partial charge in [-0.05, 0) is 59.6 Å². The van der Waals surface area contributed by atoms with Crippen molar-refractivity contribution in [2.75, 3.05) is 13.7 Å². The molecule has 0 unspecified atom stereocenters. The fourth-order valence-corrected chi connectivity index (χ4v) is 5.71. The lowest BCUT2D eigenvalue weighted by Crippen LogP contribution is -2.47. The number of fused-ring (bicyclic) bond motifs is 5. The minimum atomic E-state index is 0.0422. The maximum Gasteiger partial charge on any atom is 0.309 e. The van der Waals surface area contributed by atoms with Crippen molar-refractivity contribution in [3.8, 4) is 5.75 Å². The molecule has 1 saturated carbocycles. The van der Waals surface area contributed by atoms with Crippen molar-refractivity contribution in [1.29, 1.82) is 0 Å². The van der Waals surface area contributed by atoms with E-state index in [0.29, 0.717) is 24.4 Å². The Balaban J connectivity index is 1.80. The summed E-state index contributed by atoms with van der Waals surface area (Å²) in [5.41, 5.74) is 4.32. The first kappa shape index (κ1) is 16.0. The Bertz CT molecular complexity index is 678. The van der Waals surface area contributed by atoms with Crippen LogP contribution in [0.25, 0.3) is 0 Å². The molecular weight excluding hydrogens is 300 g/mol. The van der Waals surface area contributed by atoms with Crippen LogP contribution in [0.4, 0.5) is 0 Å². The molecular formula is C21H28O3. The summed E-state index contributed by atoms with van der Waals surface area (Å²) >= 11 is 0. The summed E-state index contributed by atoms with van der Waals surface area (Å²) in [6.07, 6.45) is 4.23. The molecule has 1 aliphatic heterocycles. The van der Waals surface area contributed by atoms with Gasteiger partial charge in [0.25, 0.3) is 0 Å². The van der Waals surface area contributed by atoms with Crippen LogP contribution in [0.15, 0.2) is 12.1 Å². The number of esters is 1. The summed E-state index contributed by atoms with van der Waals surface area (Å²) < 4.78 is 11.3. The van der Waals surface area contributed by atoms with Gasteiger partial charge in [-0.15, -0.1) is 0 Å². The third kappa shape index (κ3) is 2.06. The number of carbonyl (C=O) groups excluding carboxylic acids is 1. The highest BCUT2D eigenvalue weighted by molar-refractivity contribution is 5.75. The van der Waals surface area contributed by atoms with Gasteiger partial charge in [-0.25, -0.2) is 0 Å². The monoisotopic (exact) mass is 328 g/mol. The molecule has 4 atom stereocenters. The van der Waals surface area contributed by atoms with Gasteiger partial charge in [0, 0.05) is 5.92 Å². The van der Waals surface area contributed by atoms with Crippen LogP contribution >= 0.6 is 0 Å². The molecule has 24 heavy (non-hydrogen) atoms. The fraction of sp³-hybridized carbons (Fsp3) is 0.667. The Labute approximate surface area is 144 Å². The average Bonchev–Trinajstić information content (AvgIpc) is 2.94. The fourth-order valence-electron chi connectivity index (χ4n) is 5.71. The molecule has 0 N–H and O–H groups in total. The largest absolute Gasteiger partial charge is 0.496 e. The van der Waals surface area contributed by atoms with Gasteiger partial charge in [0.15, 0.2) is 0 Å². The van der Waals surface area contributed by atoms with Crippen LogP contribution < -0.4 is 4.74 Å². The highest BCUT2D eigenvalue weighted by Crippen LogP contribution is 2.57. The van der Waals surface area contributed by atoms with Crippen LogP contribution in [-0.2, 0) is 21.4 Å². The van der Waals surface area contributed by atoms with Crippen LogP contribution in [0.3, 0.4) is 0 Å². The SMILES string of the molecule is COc1c(C(C)C)ccc2c1CC[C@H]1[C@H]3COC(=O)[C@H]3CC[C@]21C. The minimum absolute atomic E-state index is 0.0422. The highest BCUT2D eigenvalue weighted by atomic mass is 16.5. The molecule has 0 radical (unpaired) electrons. The van der Waals surface area contributed by atoms with E-state index in [1.54, 1.807) is 7.11 Å². The second-order valence-corrected chi connectivity index (χ2v) is 8.37. The number of methoxy groups -OCH3 is 1. The number of ether oxygens (including phenoxy) is 2. The Morgan fingerprint density at radius 1 is 1.29 bits per heavy atom. The van der Waals surface area contributed by atoms with Crippen molar-refractivity contribution in [2.45, 2.75) is 57.8 Å². The zero-order valence-electron chi connectivity index (χ0n) is 15.2. The number of hydrogen-bond acceptors (Lipinski definition) is 3. The van der Waals surface area contributed by atoms with E-state index in [-0.39, 0.29) is 17.3 Å². The normalized spacial score (nSPS) is 34.4. The molecule has 3 nitrogen and oxygen atoms in total. The quantitative estimate of drug-likeness (QED) is 0.763. The minimum Gasteiger partial charge on any atom is -0.496 e. The van der Waals surface area contributed by atoms with E-state index in [9.17, 15) is 4.79 Å². The van der Waals surface area contributed by atoms with E-state index in [1.807, 2.05) is 0 Å². The molecule has 130 valence electrons. The summed E-state index contributed by atoms with van der Waals surface area (Å²) in [6.45, 7) is 7.48. The molecule has 1 saturated heterocycles. The molecule has 4 rings (SSSR count). The molecule has 0 amide bonds. The molecule has 2 fully saturated rings. The van der Waals surface area contributed by atoms with Gasteiger partial charge in [0.1, 0.15) is 5.75 Å². The third-order valence-electron chi connectivity index (χ3n) is 6.99. The van der Waals surface area contributed by atoms with E-state index in [2.05, 4.69) is 32.9 Å². The van der Waals surface area contributed by atoms with Crippen LogP contribution in [0.1, 0.15) is 62.6 Å². The Morgan fingerprint density at radius 2 is 2.08 bits per heavy atom. The summed E-state index contributed by atoms with van der Waals surface area (Å²) in [5.74, 6) is 2.70. The zero-order chi connectivity index (χ0) is 17.1. The smallest absolute Gasteiger partial charge is 0.309 e. The predicted molar refractivity (Wildman–Crippen MR) is 93.4 cm³/mol. The molecule has 3 aliphatic rings. The summed E-state index contributed by atoms with van der Waals surface area (Å²) in [4.78, 5) is 12.0. The number of benzene rings is 1. The van der Waals surface area contributed by atoms with Gasteiger partial charge in [-0.1, -0.05) is 32.9 Å². The highest BCUT2D eigenvalue weighted by Gasteiger charge is 2.54. The van der Waals surface area contributed by atoms with Gasteiger partial charge in [0.05, 0.1) is 19.6 Å². The molecule has 2 aliphatic carbocycles. The Hall–Kier alpha value is -1.51. The van der Waals surface area contributed by atoms with Crippen molar-refractivity contribution >= 4 is 5.97 Å². The van der Waals surface area contributed by atoms with Crippen molar-refractivity contribution in [3.63, 3.8) is 0 Å². The van der Waals surface area contributed by atoms with E-state index < -0.39 is 0 Å². The molecule has 3 heteroatoms. The van der Waals surface area contributed by atoms with Gasteiger partial charge in [-0.2, -0.15) is 0 Å². The summed E-state index contributed by atoms with van der Waals surface area (Å²) in [5, 5.41) is 0. The van der Waals surface area contributed by atoms with E-state index in [1.165, 1.54) is 16.7 Å². The Morgan fingerprint density at radius 3 is 2.79 bits per heavy atom. The molecule has 1 heterocycles. The predicted octanol–water partition coefficient (Wildman–Crippen LogP) is 4.22. The third-order valence-corrected chi connectivity index (χ3v) is 6.99. The molecule has 0 bridgehead atoms. The first-order valence-corrected chi connectivity index (χ1v) is 9.34. The second-order valence-electron chi connectivity index (χ2n) is 8.37. The zero-order valence-corrected chi connectivity index (χ0v) is 15.2. The van der Waals surface area contributed by atoms with Gasteiger partial charge < -0.3 is 9.47 Å². The topological polar surface area (TPSA) is 35.5 Å². The first-order chi connectivity index (χ1) is 11.5. The van der Waals surface area contributed by atoms with E-state index in [4.69, 9.17) is 9.47 Å². The number of carbonyl (C=O) groups is 1. The molecule has 1 aromatic carbocycles. The standard InChI is InChI=1S/C21H28O3/c1-12(2)13-5-7-17-15(19(13)23-4)6-8-18-16-11-24-20(22)14(16)9-10-21(17,18)3/h5,7,12,14,16,18H,6,8-11H2,1-4H3/t14-,16-,18-,21+/m0/s1. The lowest BCUT2D eigenvalue weighted by Gasteiger charge is -2.50. The number of cyclic esters (lactones) is 1. The lowest BCUT2D eigenvalue weighted by atomic mass is 9.53. The second kappa shape index (κ2) is 5.50. The molecule has 0 spiro atoms. The first-order valence-electron chi connectivity index (χ1n) is 9.34. The average molecular weight is 328 g/mol. The van der Waals surface area contributed by atoms with Crippen LogP contribution in [0.2, 0.25) is 0 Å². The number of rotatable bonds is 2. The Kier molecular flexibility index (Phi) is 3.67. The van der Waals surface area contributed by atoms with Gasteiger partial charge in [-0.3, -0.25) is 4.79 Å². The summed E-state index contributed by atoms with van der Waals surface area (Å²) in [6, 6.07) is 4.61. The van der Waals surface area contributed by atoms with Crippen molar-refractivity contribution in [2.24, 2.45) is 17.8 Å².